The normalized spacial score (nSPS) is 12.9. The summed E-state index contributed by atoms with van der Waals surface area (Å²) in [5.41, 5.74) is 8.97. The first-order valence-electron chi connectivity index (χ1n) is 8.96. The van der Waals surface area contributed by atoms with Crippen LogP contribution < -0.4 is 0 Å². The summed E-state index contributed by atoms with van der Waals surface area (Å²) in [6.07, 6.45) is 12.2. The van der Waals surface area contributed by atoms with Crippen LogP contribution in [0, 0.1) is 0 Å². The summed E-state index contributed by atoms with van der Waals surface area (Å²) in [5.74, 6) is 0. The van der Waals surface area contributed by atoms with Gasteiger partial charge in [0.2, 0.25) is 0 Å². The monoisotopic (exact) mass is 350 g/mol. The fourth-order valence-electron chi connectivity index (χ4n) is 3.36. The van der Waals surface area contributed by atoms with Crippen LogP contribution in [-0.2, 0) is 0 Å². The predicted molar refractivity (Wildman–Crippen MR) is 114 cm³/mol. The van der Waals surface area contributed by atoms with Gasteiger partial charge in [0.05, 0.1) is 22.8 Å². The van der Waals surface area contributed by atoms with Gasteiger partial charge >= 0.3 is 0 Å². The maximum absolute atomic E-state index is 4.70. The van der Waals surface area contributed by atoms with Crippen LogP contribution in [0.3, 0.4) is 0 Å². The molecule has 0 atom stereocenters. The van der Waals surface area contributed by atoms with Gasteiger partial charge in [-0.15, -0.1) is 0 Å². The molecule has 2 N–H and O–H groups in total. The van der Waals surface area contributed by atoms with E-state index in [0.29, 0.717) is 0 Å². The quantitative estimate of drug-likeness (QED) is 0.408. The molecule has 0 saturated heterocycles. The Balaban J connectivity index is 1.86. The predicted octanol–water partition coefficient (Wildman–Crippen LogP) is 5.69. The largest absolute Gasteiger partial charge is 0.355 e. The standard InChI is InChI=1S/C23H18N4/c1-2-3-15-10-22-13-20-7-6-18(25-20)11-16-4-5-17(24-16)12-19-8-9-21(26-19)14-23(15)27-22/h2-14,25,27H,1H3. The number of rotatable bonds is 1. The van der Waals surface area contributed by atoms with Crippen LogP contribution in [-0.4, -0.2) is 19.9 Å². The molecule has 8 bridgehead atoms. The van der Waals surface area contributed by atoms with E-state index in [1.165, 1.54) is 0 Å². The van der Waals surface area contributed by atoms with Gasteiger partial charge < -0.3 is 9.97 Å². The van der Waals surface area contributed by atoms with Crippen molar-refractivity contribution in [1.82, 2.24) is 19.9 Å². The number of aromatic nitrogens is 4. The van der Waals surface area contributed by atoms with Crippen molar-refractivity contribution in [1.29, 1.82) is 0 Å². The molecule has 3 aromatic rings. The van der Waals surface area contributed by atoms with Crippen molar-refractivity contribution >= 4 is 52.4 Å². The van der Waals surface area contributed by atoms with Gasteiger partial charge in [-0.1, -0.05) is 12.2 Å². The smallest absolute Gasteiger partial charge is 0.0659 e. The Morgan fingerprint density at radius 1 is 0.667 bits per heavy atom. The molecular formula is C23H18N4. The van der Waals surface area contributed by atoms with Gasteiger partial charge in [0.1, 0.15) is 0 Å². The number of hydrogen-bond acceptors (Lipinski definition) is 2. The Kier molecular flexibility index (Phi) is 3.61. The number of nitrogens with one attached hydrogen (secondary N) is 2. The fourth-order valence-corrected chi connectivity index (χ4v) is 3.36. The van der Waals surface area contributed by atoms with E-state index in [-0.39, 0.29) is 0 Å². The third-order valence-electron chi connectivity index (χ3n) is 4.55. The lowest BCUT2D eigenvalue weighted by molar-refractivity contribution is 1.28. The van der Waals surface area contributed by atoms with Crippen molar-refractivity contribution in [2.75, 3.05) is 0 Å². The van der Waals surface area contributed by atoms with Crippen LogP contribution in [0.4, 0.5) is 0 Å². The lowest BCUT2D eigenvalue weighted by atomic mass is 10.2. The molecule has 3 aromatic heterocycles. The number of nitrogens with zero attached hydrogens (tertiary/aromatic N) is 2. The molecule has 2 aliphatic heterocycles. The summed E-state index contributed by atoms with van der Waals surface area (Å²) in [6, 6.07) is 14.5. The third-order valence-corrected chi connectivity index (χ3v) is 4.55. The van der Waals surface area contributed by atoms with Crippen LogP contribution in [0.5, 0.6) is 0 Å². The molecule has 0 amide bonds. The average molecular weight is 350 g/mol. The summed E-state index contributed by atoms with van der Waals surface area (Å²) >= 11 is 0. The van der Waals surface area contributed by atoms with Crippen molar-refractivity contribution in [3.63, 3.8) is 0 Å². The number of allylic oxidation sites excluding steroid dienone is 1. The van der Waals surface area contributed by atoms with E-state index in [1.807, 2.05) is 49.4 Å². The molecule has 0 radical (unpaired) electrons. The summed E-state index contributed by atoms with van der Waals surface area (Å²) in [4.78, 5) is 16.3. The number of hydrogen-bond donors (Lipinski definition) is 2. The van der Waals surface area contributed by atoms with Crippen LogP contribution in [0.25, 0.3) is 52.4 Å². The lowest BCUT2D eigenvalue weighted by Crippen LogP contribution is -1.77. The van der Waals surface area contributed by atoms with Crippen LogP contribution >= 0.6 is 0 Å². The fraction of sp³-hybridized carbons (Fsp3) is 0.0435. The van der Waals surface area contributed by atoms with Crippen molar-refractivity contribution in [2.45, 2.75) is 6.92 Å². The van der Waals surface area contributed by atoms with Crippen molar-refractivity contribution in [2.24, 2.45) is 0 Å². The number of fused-ring (bicyclic) bond motifs is 8. The zero-order chi connectivity index (χ0) is 18.2. The first-order valence-corrected chi connectivity index (χ1v) is 8.96. The molecule has 2 aliphatic rings. The molecule has 27 heavy (non-hydrogen) atoms. The number of aromatic amines is 2. The molecule has 0 saturated carbocycles. The van der Waals surface area contributed by atoms with E-state index >= 15 is 0 Å². The zero-order valence-electron chi connectivity index (χ0n) is 14.9. The van der Waals surface area contributed by atoms with Crippen LogP contribution in [0.2, 0.25) is 0 Å². The van der Waals surface area contributed by atoms with Gasteiger partial charge in [0, 0.05) is 22.1 Å². The zero-order valence-corrected chi connectivity index (χ0v) is 14.9. The highest BCUT2D eigenvalue weighted by atomic mass is 14.8. The first-order chi connectivity index (χ1) is 13.2. The van der Waals surface area contributed by atoms with Crippen molar-refractivity contribution in [3.8, 4) is 0 Å². The van der Waals surface area contributed by atoms with Crippen LogP contribution in [0.15, 0.2) is 48.5 Å². The number of H-pyrrole nitrogens is 2. The minimum Gasteiger partial charge on any atom is -0.355 e. The Bertz CT molecular complexity index is 1280. The highest BCUT2D eigenvalue weighted by molar-refractivity contribution is 5.81. The molecule has 0 spiro atoms. The molecule has 0 unspecified atom stereocenters. The Labute approximate surface area is 156 Å². The van der Waals surface area contributed by atoms with Crippen LogP contribution in [0.1, 0.15) is 35.3 Å². The van der Waals surface area contributed by atoms with Gasteiger partial charge in [-0.25, -0.2) is 9.97 Å². The average Bonchev–Trinajstić information content (AvgIpc) is 3.41. The van der Waals surface area contributed by atoms with Gasteiger partial charge in [0.25, 0.3) is 0 Å². The second-order valence-electron chi connectivity index (χ2n) is 6.63. The van der Waals surface area contributed by atoms with E-state index in [1.54, 1.807) is 0 Å². The van der Waals surface area contributed by atoms with Gasteiger partial charge in [0.15, 0.2) is 0 Å². The molecule has 0 aromatic carbocycles. The van der Waals surface area contributed by atoms with Crippen molar-refractivity contribution in [3.05, 3.63) is 76.9 Å². The molecule has 4 heteroatoms. The highest BCUT2D eigenvalue weighted by Gasteiger charge is 2.03. The molecule has 0 fully saturated rings. The van der Waals surface area contributed by atoms with E-state index in [0.717, 1.165) is 50.4 Å². The minimum atomic E-state index is 0.908. The molecule has 5 heterocycles. The molecule has 4 nitrogen and oxygen atoms in total. The molecule has 0 aliphatic carbocycles. The summed E-state index contributed by atoms with van der Waals surface area (Å²) < 4.78 is 0. The Morgan fingerprint density at radius 3 is 2.00 bits per heavy atom. The van der Waals surface area contributed by atoms with E-state index < -0.39 is 0 Å². The Hall–Kier alpha value is -3.66. The maximum atomic E-state index is 4.70. The second kappa shape index (κ2) is 6.25. The third kappa shape index (κ3) is 3.13. The molecular weight excluding hydrogens is 332 g/mol. The minimum absolute atomic E-state index is 0.908. The maximum Gasteiger partial charge on any atom is 0.0659 e. The van der Waals surface area contributed by atoms with E-state index in [9.17, 15) is 0 Å². The lowest BCUT2D eigenvalue weighted by Gasteiger charge is -1.88. The van der Waals surface area contributed by atoms with Gasteiger partial charge in [-0.2, -0.15) is 0 Å². The first kappa shape index (κ1) is 15.6. The summed E-state index contributed by atoms with van der Waals surface area (Å²) in [7, 11) is 0. The molecule has 130 valence electrons. The highest BCUT2D eigenvalue weighted by Crippen LogP contribution is 2.20. The SMILES string of the molecule is CC=Cc1cc2cc3ccc(cc4nc(cc5nc(cc1[nH]2)C=C5)C=C4)[nH]3. The summed E-state index contributed by atoms with van der Waals surface area (Å²) in [5, 5.41) is 0. The topological polar surface area (TPSA) is 57.4 Å². The summed E-state index contributed by atoms with van der Waals surface area (Å²) in [6.45, 7) is 2.03. The van der Waals surface area contributed by atoms with Gasteiger partial charge in [-0.3, -0.25) is 0 Å². The molecule has 5 rings (SSSR count). The van der Waals surface area contributed by atoms with E-state index in [2.05, 4.69) is 51.4 Å². The van der Waals surface area contributed by atoms with E-state index in [4.69, 9.17) is 4.98 Å². The van der Waals surface area contributed by atoms with Gasteiger partial charge in [-0.05, 0) is 79.3 Å². The Morgan fingerprint density at radius 2 is 1.30 bits per heavy atom. The second-order valence-corrected chi connectivity index (χ2v) is 6.63. The van der Waals surface area contributed by atoms with Crippen molar-refractivity contribution < 1.29 is 0 Å².